The molecule has 142 valence electrons. The van der Waals surface area contributed by atoms with Crippen LogP contribution in [0.5, 0.6) is 0 Å². The summed E-state index contributed by atoms with van der Waals surface area (Å²) < 4.78 is 0. The first-order valence-corrected chi connectivity index (χ1v) is 9.52. The number of benzene rings is 2. The maximum atomic E-state index is 5.91. The van der Waals surface area contributed by atoms with E-state index in [2.05, 4.69) is 35.7 Å². The maximum absolute atomic E-state index is 5.91. The van der Waals surface area contributed by atoms with Crippen LogP contribution in [0.2, 0.25) is 5.02 Å². The second-order valence-corrected chi connectivity index (χ2v) is 6.83. The molecule has 0 unspecified atom stereocenters. The molecule has 3 aromatic rings. The van der Waals surface area contributed by atoms with Gasteiger partial charge in [-0.25, -0.2) is 5.43 Å². The van der Waals surface area contributed by atoms with Crippen molar-refractivity contribution in [3.63, 3.8) is 0 Å². The van der Waals surface area contributed by atoms with Crippen molar-refractivity contribution in [3.05, 3.63) is 65.2 Å². The van der Waals surface area contributed by atoms with Gasteiger partial charge in [-0.05, 0) is 42.7 Å². The standard InChI is InChI=1S/C20H20ClN7/c21-16-10-8-15(9-11-16)14-22-27-19-24-18(23-17-6-2-1-3-7-17)25-20(26-19)28-12-4-5-13-28/h1-3,6-11,14H,4-5,12-13H2,(H2,23,24,25,26,27)/b22-14+. The minimum absolute atomic E-state index is 0.389. The van der Waals surface area contributed by atoms with E-state index >= 15 is 0 Å². The smallest absolute Gasteiger partial charge is 0.250 e. The first kappa shape index (κ1) is 18.2. The molecule has 7 nitrogen and oxygen atoms in total. The molecule has 1 aromatic heterocycles. The zero-order chi connectivity index (χ0) is 19.2. The Morgan fingerprint density at radius 2 is 1.61 bits per heavy atom. The fourth-order valence-electron chi connectivity index (χ4n) is 2.89. The van der Waals surface area contributed by atoms with Crippen LogP contribution >= 0.6 is 11.6 Å². The van der Waals surface area contributed by atoms with Gasteiger partial charge in [0, 0.05) is 23.8 Å². The lowest BCUT2D eigenvalue weighted by Crippen LogP contribution is -2.21. The Labute approximate surface area is 168 Å². The van der Waals surface area contributed by atoms with E-state index in [0.717, 1.165) is 37.2 Å². The normalized spacial score (nSPS) is 13.8. The van der Waals surface area contributed by atoms with Crippen LogP contribution in [-0.4, -0.2) is 34.3 Å². The number of para-hydroxylation sites is 1. The predicted molar refractivity (Wildman–Crippen MR) is 114 cm³/mol. The number of nitrogens with zero attached hydrogens (tertiary/aromatic N) is 5. The molecule has 1 aliphatic heterocycles. The van der Waals surface area contributed by atoms with Gasteiger partial charge in [0.1, 0.15) is 0 Å². The van der Waals surface area contributed by atoms with Crippen molar-refractivity contribution in [3.8, 4) is 0 Å². The number of hydrogen-bond donors (Lipinski definition) is 2. The van der Waals surface area contributed by atoms with Gasteiger partial charge >= 0.3 is 0 Å². The number of anilines is 4. The van der Waals surface area contributed by atoms with Crippen LogP contribution in [-0.2, 0) is 0 Å². The lowest BCUT2D eigenvalue weighted by atomic mass is 10.2. The highest BCUT2D eigenvalue weighted by molar-refractivity contribution is 6.30. The maximum Gasteiger partial charge on any atom is 0.250 e. The van der Waals surface area contributed by atoms with Gasteiger partial charge in [-0.1, -0.05) is 41.9 Å². The summed E-state index contributed by atoms with van der Waals surface area (Å²) >= 11 is 5.91. The first-order chi connectivity index (χ1) is 13.8. The molecular weight excluding hydrogens is 374 g/mol. The van der Waals surface area contributed by atoms with E-state index < -0.39 is 0 Å². The Hall–Kier alpha value is -3.19. The van der Waals surface area contributed by atoms with Crippen molar-refractivity contribution in [1.29, 1.82) is 0 Å². The topological polar surface area (TPSA) is 78.3 Å². The highest BCUT2D eigenvalue weighted by atomic mass is 35.5. The van der Waals surface area contributed by atoms with E-state index in [1.807, 2.05) is 54.6 Å². The molecular formula is C20H20ClN7. The van der Waals surface area contributed by atoms with Crippen molar-refractivity contribution in [2.75, 3.05) is 28.7 Å². The number of nitrogens with one attached hydrogen (secondary N) is 2. The Morgan fingerprint density at radius 1 is 0.893 bits per heavy atom. The van der Waals surface area contributed by atoms with Crippen LogP contribution in [0.4, 0.5) is 23.5 Å². The number of hydrogen-bond acceptors (Lipinski definition) is 7. The molecule has 0 radical (unpaired) electrons. The fourth-order valence-corrected chi connectivity index (χ4v) is 3.02. The summed E-state index contributed by atoms with van der Waals surface area (Å²) in [6.07, 6.45) is 3.98. The lowest BCUT2D eigenvalue weighted by molar-refractivity contribution is 0.883. The van der Waals surface area contributed by atoms with Gasteiger partial charge in [0.2, 0.25) is 17.8 Å². The van der Waals surface area contributed by atoms with Crippen LogP contribution in [0.1, 0.15) is 18.4 Å². The summed E-state index contributed by atoms with van der Waals surface area (Å²) in [5, 5.41) is 8.16. The highest BCUT2D eigenvalue weighted by Crippen LogP contribution is 2.20. The quantitative estimate of drug-likeness (QED) is 0.479. The molecule has 8 heteroatoms. The second-order valence-electron chi connectivity index (χ2n) is 6.39. The van der Waals surface area contributed by atoms with Crippen molar-refractivity contribution in [2.24, 2.45) is 5.10 Å². The molecule has 2 aromatic carbocycles. The van der Waals surface area contributed by atoms with E-state index in [-0.39, 0.29) is 0 Å². The number of aromatic nitrogens is 3. The monoisotopic (exact) mass is 393 g/mol. The molecule has 1 fully saturated rings. The molecule has 0 atom stereocenters. The fraction of sp³-hybridized carbons (Fsp3) is 0.200. The van der Waals surface area contributed by atoms with Gasteiger partial charge in [0.15, 0.2) is 0 Å². The van der Waals surface area contributed by atoms with Crippen LogP contribution < -0.4 is 15.6 Å². The Kier molecular flexibility index (Phi) is 5.63. The lowest BCUT2D eigenvalue weighted by Gasteiger charge is -2.16. The molecule has 0 saturated carbocycles. The molecule has 1 saturated heterocycles. The minimum atomic E-state index is 0.389. The molecule has 0 amide bonds. The van der Waals surface area contributed by atoms with Gasteiger partial charge in [-0.2, -0.15) is 20.1 Å². The minimum Gasteiger partial charge on any atom is -0.341 e. The molecule has 2 N–H and O–H groups in total. The molecule has 0 spiro atoms. The zero-order valence-electron chi connectivity index (χ0n) is 15.2. The summed E-state index contributed by atoms with van der Waals surface area (Å²) in [6, 6.07) is 17.2. The van der Waals surface area contributed by atoms with E-state index in [1.165, 1.54) is 0 Å². The summed E-state index contributed by atoms with van der Waals surface area (Å²) in [5.74, 6) is 1.52. The van der Waals surface area contributed by atoms with Crippen molar-refractivity contribution in [1.82, 2.24) is 15.0 Å². The Bertz CT molecular complexity index is 939. The third-order valence-corrected chi connectivity index (χ3v) is 4.54. The van der Waals surface area contributed by atoms with Crippen molar-refractivity contribution >= 4 is 41.3 Å². The van der Waals surface area contributed by atoms with Gasteiger partial charge in [-0.3, -0.25) is 0 Å². The SMILES string of the molecule is Clc1ccc(/C=N/Nc2nc(Nc3ccccc3)nc(N3CCCC3)n2)cc1. The second kappa shape index (κ2) is 8.67. The van der Waals surface area contributed by atoms with Gasteiger partial charge < -0.3 is 10.2 Å². The van der Waals surface area contributed by atoms with Gasteiger partial charge in [0.05, 0.1) is 6.21 Å². The van der Waals surface area contributed by atoms with Gasteiger partial charge in [0.25, 0.3) is 0 Å². The number of hydrazone groups is 1. The summed E-state index contributed by atoms with van der Waals surface area (Å²) in [7, 11) is 0. The summed E-state index contributed by atoms with van der Waals surface area (Å²) in [5.41, 5.74) is 4.74. The zero-order valence-corrected chi connectivity index (χ0v) is 16.0. The molecule has 2 heterocycles. The first-order valence-electron chi connectivity index (χ1n) is 9.14. The third kappa shape index (κ3) is 4.75. The molecule has 4 rings (SSSR count). The third-order valence-electron chi connectivity index (χ3n) is 4.29. The molecule has 28 heavy (non-hydrogen) atoms. The van der Waals surface area contributed by atoms with Crippen molar-refractivity contribution in [2.45, 2.75) is 12.8 Å². The number of rotatable bonds is 6. The van der Waals surface area contributed by atoms with Crippen LogP contribution in [0.25, 0.3) is 0 Å². The summed E-state index contributed by atoms with van der Waals surface area (Å²) in [4.78, 5) is 15.7. The molecule has 0 aliphatic carbocycles. The van der Waals surface area contributed by atoms with Crippen LogP contribution in [0.15, 0.2) is 59.7 Å². The Morgan fingerprint density at radius 3 is 2.36 bits per heavy atom. The van der Waals surface area contributed by atoms with E-state index in [9.17, 15) is 0 Å². The molecule has 0 bridgehead atoms. The predicted octanol–water partition coefficient (Wildman–Crippen LogP) is 4.31. The van der Waals surface area contributed by atoms with E-state index in [1.54, 1.807) is 6.21 Å². The summed E-state index contributed by atoms with van der Waals surface area (Å²) in [6.45, 7) is 1.89. The average molecular weight is 394 g/mol. The highest BCUT2D eigenvalue weighted by Gasteiger charge is 2.17. The Balaban J connectivity index is 1.55. The number of halogens is 1. The van der Waals surface area contributed by atoms with Crippen LogP contribution in [0, 0.1) is 0 Å². The van der Waals surface area contributed by atoms with E-state index in [0.29, 0.717) is 22.9 Å². The van der Waals surface area contributed by atoms with Crippen LogP contribution in [0.3, 0.4) is 0 Å². The average Bonchev–Trinajstić information content (AvgIpc) is 3.25. The van der Waals surface area contributed by atoms with Gasteiger partial charge in [-0.15, -0.1) is 0 Å². The molecule has 1 aliphatic rings. The van der Waals surface area contributed by atoms with Crippen molar-refractivity contribution < 1.29 is 0 Å². The largest absolute Gasteiger partial charge is 0.341 e. The van der Waals surface area contributed by atoms with E-state index in [4.69, 9.17) is 11.6 Å².